The van der Waals surface area contributed by atoms with Crippen LogP contribution in [-0.4, -0.2) is 30.5 Å². The molecule has 0 saturated heterocycles. The van der Waals surface area contributed by atoms with E-state index in [2.05, 4.69) is 68.6 Å². The van der Waals surface area contributed by atoms with E-state index in [0.717, 1.165) is 13.1 Å². The monoisotopic (exact) mass is 322 g/mol. The first kappa shape index (κ1) is 19.0. The van der Waals surface area contributed by atoms with Crippen molar-refractivity contribution in [3.8, 4) is 0 Å². The van der Waals surface area contributed by atoms with Crippen LogP contribution in [0.15, 0.2) is 18.2 Å². The van der Waals surface area contributed by atoms with Crippen molar-refractivity contribution in [2.45, 2.75) is 59.3 Å². The standard InChI is InChI=1S/C19H31N2.ClH/c1-6-7-11-20-12-13-21(14-20)19-17(15(2)3)9-8-10-18(19)16(4)5;/h8-10,14-16H,6-7,11-13H2,1-5H3;1H/q+1;/p-1. The molecule has 0 bridgehead atoms. The predicted molar refractivity (Wildman–Crippen MR) is 92.9 cm³/mol. The summed E-state index contributed by atoms with van der Waals surface area (Å²) >= 11 is 0. The molecular formula is C19H31ClN2. The third-order valence-electron chi connectivity index (χ3n) is 4.36. The second kappa shape index (κ2) is 8.57. The smallest absolute Gasteiger partial charge is 0.239 e. The van der Waals surface area contributed by atoms with Crippen molar-refractivity contribution in [2.75, 3.05) is 24.5 Å². The number of hydrogen-bond acceptors (Lipinski definition) is 1. The maximum atomic E-state index is 2.49. The van der Waals surface area contributed by atoms with Gasteiger partial charge in [0, 0.05) is 11.1 Å². The molecule has 1 aliphatic rings. The fraction of sp³-hybridized carbons (Fsp3) is 0.632. The lowest BCUT2D eigenvalue weighted by molar-refractivity contribution is -0.514. The molecule has 0 aliphatic carbocycles. The Balaban J connectivity index is 0.00000242. The molecule has 3 heteroatoms. The van der Waals surface area contributed by atoms with Gasteiger partial charge in [0.05, 0.1) is 6.54 Å². The average Bonchev–Trinajstić information content (AvgIpc) is 2.92. The summed E-state index contributed by atoms with van der Waals surface area (Å²) in [5.41, 5.74) is 4.42. The summed E-state index contributed by atoms with van der Waals surface area (Å²) in [5, 5.41) is 0. The molecule has 0 saturated carbocycles. The molecule has 0 N–H and O–H groups in total. The Morgan fingerprint density at radius 3 is 2.18 bits per heavy atom. The van der Waals surface area contributed by atoms with E-state index in [-0.39, 0.29) is 12.4 Å². The Morgan fingerprint density at radius 2 is 1.68 bits per heavy atom. The molecule has 1 aromatic carbocycles. The molecule has 1 aromatic rings. The molecule has 2 rings (SSSR count). The van der Waals surface area contributed by atoms with Crippen LogP contribution in [0.3, 0.4) is 0 Å². The Labute approximate surface area is 142 Å². The number of benzene rings is 1. The Bertz CT molecular complexity index is 480. The van der Waals surface area contributed by atoms with E-state index < -0.39 is 0 Å². The van der Waals surface area contributed by atoms with Crippen LogP contribution in [0.25, 0.3) is 0 Å². The van der Waals surface area contributed by atoms with Crippen molar-refractivity contribution in [3.05, 3.63) is 29.3 Å². The zero-order valence-corrected chi connectivity index (χ0v) is 15.5. The Kier molecular flexibility index (Phi) is 7.41. The second-order valence-electron chi connectivity index (χ2n) is 6.79. The number of hydrogen-bond donors (Lipinski definition) is 0. The lowest BCUT2D eigenvalue weighted by Crippen LogP contribution is -3.00. The fourth-order valence-electron chi connectivity index (χ4n) is 3.09. The number of para-hydroxylation sites is 1. The van der Waals surface area contributed by atoms with Crippen molar-refractivity contribution in [2.24, 2.45) is 0 Å². The van der Waals surface area contributed by atoms with Gasteiger partial charge in [-0.1, -0.05) is 59.2 Å². The average molecular weight is 323 g/mol. The summed E-state index contributed by atoms with van der Waals surface area (Å²) in [5.74, 6) is 1.13. The van der Waals surface area contributed by atoms with Crippen molar-refractivity contribution < 1.29 is 17.0 Å². The lowest BCUT2D eigenvalue weighted by Gasteiger charge is -2.20. The number of rotatable bonds is 6. The maximum absolute atomic E-state index is 2.49. The molecule has 1 aliphatic heterocycles. The van der Waals surface area contributed by atoms with E-state index in [1.54, 1.807) is 0 Å². The zero-order valence-electron chi connectivity index (χ0n) is 14.8. The normalized spacial score (nSPS) is 14.5. The molecule has 2 nitrogen and oxygen atoms in total. The van der Waals surface area contributed by atoms with Crippen LogP contribution in [0.1, 0.15) is 70.4 Å². The van der Waals surface area contributed by atoms with Crippen LogP contribution in [0.5, 0.6) is 0 Å². The van der Waals surface area contributed by atoms with Crippen molar-refractivity contribution in [3.63, 3.8) is 0 Å². The van der Waals surface area contributed by atoms with Crippen LogP contribution >= 0.6 is 0 Å². The van der Waals surface area contributed by atoms with Gasteiger partial charge in [-0.15, -0.1) is 0 Å². The van der Waals surface area contributed by atoms with Gasteiger partial charge in [0.15, 0.2) is 0 Å². The quantitative estimate of drug-likeness (QED) is 0.721. The third-order valence-corrected chi connectivity index (χ3v) is 4.36. The minimum atomic E-state index is 0. The van der Waals surface area contributed by atoms with Gasteiger partial charge in [-0.25, -0.2) is 4.90 Å². The van der Waals surface area contributed by atoms with Gasteiger partial charge in [-0.05, 0) is 18.3 Å². The summed E-state index contributed by atoms with van der Waals surface area (Å²) in [4.78, 5) is 2.49. The van der Waals surface area contributed by atoms with Gasteiger partial charge in [-0.2, -0.15) is 0 Å². The van der Waals surface area contributed by atoms with E-state index in [1.165, 1.54) is 36.2 Å². The van der Waals surface area contributed by atoms with Crippen molar-refractivity contribution in [1.29, 1.82) is 0 Å². The minimum absolute atomic E-state index is 0. The van der Waals surface area contributed by atoms with Crippen LogP contribution in [0.4, 0.5) is 5.69 Å². The first-order chi connectivity index (χ1) is 10.0. The number of halogens is 1. The topological polar surface area (TPSA) is 6.25 Å². The van der Waals surface area contributed by atoms with Gasteiger partial charge in [0.25, 0.3) is 0 Å². The summed E-state index contributed by atoms with van der Waals surface area (Å²) in [6, 6.07) is 6.82. The van der Waals surface area contributed by atoms with E-state index >= 15 is 0 Å². The highest BCUT2D eigenvalue weighted by Gasteiger charge is 2.27. The van der Waals surface area contributed by atoms with Crippen LogP contribution in [0, 0.1) is 0 Å². The fourth-order valence-corrected chi connectivity index (χ4v) is 3.09. The highest BCUT2D eigenvalue weighted by molar-refractivity contribution is 5.81. The molecule has 0 aromatic heterocycles. The van der Waals surface area contributed by atoms with Gasteiger partial charge in [-0.3, -0.25) is 4.58 Å². The summed E-state index contributed by atoms with van der Waals surface area (Å²) < 4.78 is 2.48. The van der Waals surface area contributed by atoms with Crippen molar-refractivity contribution in [1.82, 2.24) is 0 Å². The van der Waals surface area contributed by atoms with E-state index in [9.17, 15) is 0 Å². The van der Waals surface area contributed by atoms with Gasteiger partial charge < -0.3 is 12.4 Å². The van der Waals surface area contributed by atoms with Crippen molar-refractivity contribution >= 4 is 12.0 Å². The van der Waals surface area contributed by atoms with Gasteiger partial charge in [0.1, 0.15) is 18.8 Å². The largest absolute Gasteiger partial charge is 1.00 e. The molecule has 0 amide bonds. The third kappa shape index (κ3) is 4.25. The van der Waals surface area contributed by atoms with E-state index in [1.807, 2.05) is 0 Å². The van der Waals surface area contributed by atoms with Crippen LogP contribution in [-0.2, 0) is 0 Å². The number of anilines is 1. The highest BCUT2D eigenvalue weighted by atomic mass is 35.5. The van der Waals surface area contributed by atoms with Gasteiger partial charge in [0.2, 0.25) is 6.34 Å². The molecule has 0 fully saturated rings. The maximum Gasteiger partial charge on any atom is 0.239 e. The number of unbranched alkanes of at least 4 members (excludes halogenated alkanes) is 1. The first-order valence-electron chi connectivity index (χ1n) is 8.53. The Morgan fingerprint density at radius 1 is 1.09 bits per heavy atom. The SMILES string of the molecule is CCCC[N+]1=CN(c2c(C(C)C)cccc2C(C)C)CC1.[Cl-]. The summed E-state index contributed by atoms with van der Waals surface area (Å²) in [6.07, 6.45) is 4.90. The lowest BCUT2D eigenvalue weighted by atomic mass is 9.92. The van der Waals surface area contributed by atoms with Crippen LogP contribution < -0.4 is 17.3 Å². The summed E-state index contributed by atoms with van der Waals surface area (Å²) in [6.45, 7) is 14.9. The molecule has 22 heavy (non-hydrogen) atoms. The van der Waals surface area contributed by atoms with E-state index in [4.69, 9.17) is 0 Å². The minimum Gasteiger partial charge on any atom is -1.00 e. The first-order valence-corrected chi connectivity index (χ1v) is 8.53. The molecule has 0 spiro atoms. The Hall–Kier alpha value is -1.02. The molecule has 0 radical (unpaired) electrons. The zero-order chi connectivity index (χ0) is 15.4. The molecule has 1 heterocycles. The summed E-state index contributed by atoms with van der Waals surface area (Å²) in [7, 11) is 0. The molecule has 0 unspecified atom stereocenters. The predicted octanol–water partition coefficient (Wildman–Crippen LogP) is 1.60. The van der Waals surface area contributed by atoms with E-state index in [0.29, 0.717) is 11.8 Å². The molecule has 0 atom stereocenters. The second-order valence-corrected chi connectivity index (χ2v) is 6.79. The van der Waals surface area contributed by atoms with Crippen LogP contribution in [0.2, 0.25) is 0 Å². The number of nitrogens with zero attached hydrogens (tertiary/aromatic N) is 2. The highest BCUT2D eigenvalue weighted by Crippen LogP contribution is 2.35. The molecular weight excluding hydrogens is 292 g/mol. The molecule has 124 valence electrons. The van der Waals surface area contributed by atoms with Gasteiger partial charge >= 0.3 is 0 Å².